The minimum absolute atomic E-state index is 0.0220. The van der Waals surface area contributed by atoms with Crippen LogP contribution >= 0.6 is 0 Å². The number of piperidine rings is 1. The topological polar surface area (TPSA) is 107 Å². The molecule has 2 saturated heterocycles. The number of benzene rings is 4. The fourth-order valence-corrected chi connectivity index (χ4v) is 6.70. The lowest BCUT2D eigenvalue weighted by Crippen LogP contribution is -2.78. The van der Waals surface area contributed by atoms with E-state index in [0.29, 0.717) is 6.61 Å². The molecular formula is C40H45NO8. The molecule has 0 aromatic heterocycles. The predicted octanol–water partition coefficient (Wildman–Crippen LogP) is 4.68. The Kier molecular flexibility index (Phi) is 11.9. The van der Waals surface area contributed by atoms with Gasteiger partial charge in [-0.2, -0.15) is 0 Å². The summed E-state index contributed by atoms with van der Waals surface area (Å²) < 4.78 is 33.4. The number of likely N-dealkylation sites (tertiary alicyclic amines) is 1. The van der Waals surface area contributed by atoms with Crippen LogP contribution in [0.2, 0.25) is 0 Å². The first-order valence-electron chi connectivity index (χ1n) is 16.8. The lowest BCUT2D eigenvalue weighted by molar-refractivity contribution is -0.343. The number of β-amino-alcohol motifs (C(OH)–C–C–N with tert-alkyl or cyclic N) is 1. The van der Waals surface area contributed by atoms with E-state index >= 15 is 0 Å². The van der Waals surface area contributed by atoms with E-state index in [1.807, 2.05) is 121 Å². The van der Waals surface area contributed by atoms with Crippen molar-refractivity contribution >= 4 is 5.91 Å². The molecule has 258 valence electrons. The Bertz CT molecular complexity index is 1580. The molecule has 2 aliphatic rings. The molecule has 7 atom stereocenters. The summed E-state index contributed by atoms with van der Waals surface area (Å²) in [7, 11) is 0. The molecule has 9 heteroatoms. The van der Waals surface area contributed by atoms with Crippen LogP contribution in [0.15, 0.2) is 121 Å². The molecule has 4 aromatic rings. The van der Waals surface area contributed by atoms with Crippen molar-refractivity contribution in [3.63, 3.8) is 0 Å². The molecule has 0 saturated carbocycles. The number of amides is 1. The van der Waals surface area contributed by atoms with Crippen LogP contribution in [-0.2, 0) is 54.9 Å². The van der Waals surface area contributed by atoms with E-state index in [2.05, 4.69) is 0 Å². The third-order valence-electron chi connectivity index (χ3n) is 9.23. The Morgan fingerprint density at radius 2 is 1.14 bits per heavy atom. The van der Waals surface area contributed by atoms with Gasteiger partial charge in [-0.05, 0) is 22.3 Å². The maximum Gasteiger partial charge on any atom is 0.219 e. The second-order valence-corrected chi connectivity index (χ2v) is 12.8. The maximum atomic E-state index is 12.8. The van der Waals surface area contributed by atoms with Crippen LogP contribution in [0.4, 0.5) is 0 Å². The van der Waals surface area contributed by atoms with Gasteiger partial charge >= 0.3 is 0 Å². The van der Waals surface area contributed by atoms with Gasteiger partial charge in [0.05, 0.1) is 39.6 Å². The molecule has 49 heavy (non-hydrogen) atoms. The first-order valence-corrected chi connectivity index (χ1v) is 16.8. The van der Waals surface area contributed by atoms with Gasteiger partial charge in [-0.25, -0.2) is 0 Å². The third kappa shape index (κ3) is 8.63. The molecule has 2 N–H and O–H groups in total. The van der Waals surface area contributed by atoms with E-state index in [9.17, 15) is 15.0 Å². The van der Waals surface area contributed by atoms with Crippen LogP contribution in [0.5, 0.6) is 0 Å². The molecule has 9 nitrogen and oxygen atoms in total. The van der Waals surface area contributed by atoms with Crippen molar-refractivity contribution in [1.29, 1.82) is 0 Å². The summed E-state index contributed by atoms with van der Waals surface area (Å²) in [5.74, 6) is -0.253. The van der Waals surface area contributed by atoms with Crippen LogP contribution in [0, 0.1) is 0 Å². The molecule has 0 bridgehead atoms. The average Bonchev–Trinajstić information content (AvgIpc) is 3.13. The van der Waals surface area contributed by atoms with Gasteiger partial charge < -0.3 is 38.8 Å². The summed E-state index contributed by atoms with van der Waals surface area (Å²) >= 11 is 0. The van der Waals surface area contributed by atoms with Gasteiger partial charge in [-0.3, -0.25) is 4.79 Å². The first-order chi connectivity index (χ1) is 23.9. The quantitative estimate of drug-likeness (QED) is 0.212. The molecule has 0 aliphatic carbocycles. The standard InChI is InChI=1S/C40H45NO8/c1-29(42)41-22-34(43)38(44)40(28-41)39(48-26-33-20-12-5-13-21-33)37(47-25-32-18-10-4-11-19-32)36(46-24-31-16-8-3-9-17-31)35(49-40)27-45-23-30-14-6-2-7-15-30/h2-21,34-39,43-44H,22-28H2,1H3/t34-,35-,36-,37+,38-,39-,40+/m1/s1. The number of carbonyl (C=O) groups is 1. The van der Waals surface area contributed by atoms with Gasteiger partial charge in [0.15, 0.2) is 0 Å². The number of aliphatic hydroxyl groups excluding tert-OH is 2. The Labute approximate surface area is 288 Å². The second kappa shape index (κ2) is 16.7. The smallest absolute Gasteiger partial charge is 0.219 e. The Morgan fingerprint density at radius 1 is 0.694 bits per heavy atom. The first kappa shape index (κ1) is 34.9. The molecule has 6 rings (SSSR count). The van der Waals surface area contributed by atoms with Gasteiger partial charge in [-0.1, -0.05) is 121 Å². The zero-order valence-corrected chi connectivity index (χ0v) is 27.8. The van der Waals surface area contributed by atoms with Crippen LogP contribution < -0.4 is 0 Å². The molecule has 0 unspecified atom stereocenters. The van der Waals surface area contributed by atoms with Crippen molar-refractivity contribution < 1.29 is 38.7 Å². The highest BCUT2D eigenvalue weighted by Gasteiger charge is 2.63. The minimum atomic E-state index is -1.58. The Morgan fingerprint density at radius 3 is 1.63 bits per heavy atom. The lowest BCUT2D eigenvalue weighted by Gasteiger charge is -2.58. The van der Waals surface area contributed by atoms with Crippen molar-refractivity contribution in [2.24, 2.45) is 0 Å². The highest BCUT2D eigenvalue weighted by molar-refractivity contribution is 5.73. The van der Waals surface area contributed by atoms with E-state index in [-0.39, 0.29) is 45.4 Å². The Hall–Kier alpha value is -3.93. The monoisotopic (exact) mass is 667 g/mol. The van der Waals surface area contributed by atoms with Crippen LogP contribution in [0.25, 0.3) is 0 Å². The molecular weight excluding hydrogens is 622 g/mol. The summed E-state index contributed by atoms with van der Waals surface area (Å²) in [6.45, 7) is 2.46. The number of nitrogens with zero attached hydrogens (tertiary/aromatic N) is 1. The molecule has 2 fully saturated rings. The number of rotatable bonds is 13. The summed E-state index contributed by atoms with van der Waals surface area (Å²) in [5, 5.41) is 23.2. The van der Waals surface area contributed by atoms with Gasteiger partial charge in [0.2, 0.25) is 5.91 Å². The zero-order valence-electron chi connectivity index (χ0n) is 27.8. The number of hydrogen-bond acceptors (Lipinski definition) is 8. The number of aliphatic hydroxyl groups is 2. The fourth-order valence-electron chi connectivity index (χ4n) is 6.70. The van der Waals surface area contributed by atoms with Gasteiger partial charge in [0.1, 0.15) is 42.2 Å². The third-order valence-corrected chi connectivity index (χ3v) is 9.23. The van der Waals surface area contributed by atoms with Crippen LogP contribution in [-0.4, -0.2) is 82.9 Å². The zero-order chi connectivity index (χ0) is 34.1. The van der Waals surface area contributed by atoms with Crippen molar-refractivity contribution in [2.45, 2.75) is 75.6 Å². The fraction of sp³-hybridized carbons (Fsp3) is 0.375. The molecule has 1 spiro atoms. The second-order valence-electron chi connectivity index (χ2n) is 12.8. The average molecular weight is 668 g/mol. The molecule has 4 aromatic carbocycles. The molecule has 1 amide bonds. The predicted molar refractivity (Wildman–Crippen MR) is 183 cm³/mol. The van der Waals surface area contributed by atoms with E-state index in [1.54, 1.807) is 0 Å². The van der Waals surface area contributed by atoms with Crippen molar-refractivity contribution in [3.8, 4) is 0 Å². The number of hydrogen-bond donors (Lipinski definition) is 2. The molecule has 0 radical (unpaired) electrons. The van der Waals surface area contributed by atoms with Crippen molar-refractivity contribution in [3.05, 3.63) is 144 Å². The van der Waals surface area contributed by atoms with E-state index < -0.39 is 42.2 Å². The minimum Gasteiger partial charge on any atom is -0.388 e. The highest BCUT2D eigenvalue weighted by Crippen LogP contribution is 2.42. The van der Waals surface area contributed by atoms with E-state index in [4.69, 9.17) is 23.7 Å². The SMILES string of the molecule is CC(=O)N1C[C@@H](O)[C@@H](O)[C@]2(C1)O[C@H](COCc1ccccc1)[C@@H](OCc1ccccc1)[C@H](OCc1ccccc1)[C@H]2OCc1ccccc1. The van der Waals surface area contributed by atoms with Crippen molar-refractivity contribution in [2.75, 3.05) is 19.7 Å². The van der Waals surface area contributed by atoms with Crippen LogP contribution in [0.1, 0.15) is 29.2 Å². The normalized spacial score (nSPS) is 26.9. The maximum absolute atomic E-state index is 12.8. The van der Waals surface area contributed by atoms with Gasteiger partial charge in [0, 0.05) is 13.5 Å². The molecule has 2 heterocycles. The summed E-state index contributed by atoms with van der Waals surface area (Å²) in [6.07, 6.45) is -5.95. The van der Waals surface area contributed by atoms with Gasteiger partial charge in [0.25, 0.3) is 0 Å². The summed E-state index contributed by atoms with van der Waals surface area (Å²) in [4.78, 5) is 14.3. The number of ether oxygens (including phenoxy) is 5. The lowest BCUT2D eigenvalue weighted by atomic mass is 9.76. The van der Waals surface area contributed by atoms with Crippen LogP contribution in [0.3, 0.4) is 0 Å². The largest absolute Gasteiger partial charge is 0.388 e. The molecule has 2 aliphatic heterocycles. The van der Waals surface area contributed by atoms with E-state index in [1.165, 1.54) is 11.8 Å². The Balaban J connectivity index is 1.40. The summed E-state index contributed by atoms with van der Waals surface area (Å²) in [5.41, 5.74) is 2.23. The van der Waals surface area contributed by atoms with Crippen molar-refractivity contribution in [1.82, 2.24) is 4.90 Å². The van der Waals surface area contributed by atoms with E-state index in [0.717, 1.165) is 22.3 Å². The van der Waals surface area contributed by atoms with Gasteiger partial charge in [-0.15, -0.1) is 0 Å². The highest BCUT2D eigenvalue weighted by atomic mass is 16.6. The summed E-state index contributed by atoms with van der Waals surface area (Å²) in [6, 6.07) is 39.1. The number of carbonyl (C=O) groups excluding carboxylic acids is 1.